The fraction of sp³-hybridized carbons (Fsp3) is 0.125. The van der Waals surface area contributed by atoms with E-state index in [-0.39, 0.29) is 5.92 Å². The fourth-order valence-corrected chi connectivity index (χ4v) is 3.36. The summed E-state index contributed by atoms with van der Waals surface area (Å²) in [6, 6.07) is 28.5. The Kier molecular flexibility index (Phi) is 4.75. The fourth-order valence-electron chi connectivity index (χ4n) is 3.36. The number of ether oxygens (including phenoxy) is 1. The average molecular weight is 355 g/mol. The van der Waals surface area contributed by atoms with Gasteiger partial charge in [-0.1, -0.05) is 84.9 Å². The quantitative estimate of drug-likeness (QED) is 0.429. The number of benzene rings is 3. The van der Waals surface area contributed by atoms with Crippen LogP contribution in [0.25, 0.3) is 22.6 Å². The van der Waals surface area contributed by atoms with Crippen molar-refractivity contribution in [3.63, 3.8) is 0 Å². The van der Waals surface area contributed by atoms with E-state index in [2.05, 4.69) is 48.5 Å². The standard InChI is InChI=1S/C24H21NO2/c1-17(18-13-15-21(26-2)16-14-18)22-23(19-9-5-3-6-10-19)25-27-24(22)20-11-7-4-8-12-20/h3-17H,1-2H3. The van der Waals surface area contributed by atoms with Crippen molar-refractivity contribution in [2.45, 2.75) is 12.8 Å². The third-order valence-corrected chi connectivity index (χ3v) is 4.86. The number of rotatable bonds is 5. The highest BCUT2D eigenvalue weighted by Gasteiger charge is 2.24. The third-order valence-electron chi connectivity index (χ3n) is 4.86. The molecule has 1 atom stereocenters. The van der Waals surface area contributed by atoms with Gasteiger partial charge in [-0.15, -0.1) is 0 Å². The van der Waals surface area contributed by atoms with Crippen LogP contribution in [0, 0.1) is 0 Å². The van der Waals surface area contributed by atoms with Gasteiger partial charge in [-0.25, -0.2) is 0 Å². The summed E-state index contributed by atoms with van der Waals surface area (Å²) in [5, 5.41) is 4.44. The Labute approximate surface area is 159 Å². The normalized spacial score (nSPS) is 11.9. The second-order valence-electron chi connectivity index (χ2n) is 6.50. The SMILES string of the molecule is COc1ccc(C(C)c2c(-c3ccccc3)noc2-c2ccccc2)cc1. The maximum atomic E-state index is 5.85. The predicted octanol–water partition coefficient (Wildman–Crippen LogP) is 6.17. The molecular formula is C24H21NO2. The highest BCUT2D eigenvalue weighted by atomic mass is 16.5. The highest BCUT2D eigenvalue weighted by molar-refractivity contribution is 5.74. The van der Waals surface area contributed by atoms with Crippen molar-refractivity contribution in [2.75, 3.05) is 7.11 Å². The minimum Gasteiger partial charge on any atom is -0.497 e. The van der Waals surface area contributed by atoms with Crippen molar-refractivity contribution in [2.24, 2.45) is 0 Å². The van der Waals surface area contributed by atoms with Crippen molar-refractivity contribution in [3.05, 3.63) is 96.1 Å². The first-order valence-corrected chi connectivity index (χ1v) is 9.02. The molecule has 1 unspecified atom stereocenters. The van der Waals surface area contributed by atoms with E-state index in [1.807, 2.05) is 48.5 Å². The Morgan fingerprint density at radius 1 is 0.778 bits per heavy atom. The Hall–Kier alpha value is -3.33. The summed E-state index contributed by atoms with van der Waals surface area (Å²) in [5.41, 5.74) is 5.25. The number of hydrogen-bond acceptors (Lipinski definition) is 3. The summed E-state index contributed by atoms with van der Waals surface area (Å²) >= 11 is 0. The molecule has 27 heavy (non-hydrogen) atoms. The van der Waals surface area contributed by atoms with Crippen LogP contribution < -0.4 is 4.74 Å². The topological polar surface area (TPSA) is 35.3 Å². The molecule has 0 aliphatic carbocycles. The van der Waals surface area contributed by atoms with Gasteiger partial charge in [0.1, 0.15) is 11.4 Å². The Morgan fingerprint density at radius 3 is 1.96 bits per heavy atom. The lowest BCUT2D eigenvalue weighted by atomic mass is 9.88. The average Bonchev–Trinajstić information content (AvgIpc) is 3.20. The van der Waals surface area contributed by atoms with Gasteiger partial charge in [-0.3, -0.25) is 0 Å². The minimum atomic E-state index is 0.118. The molecule has 0 N–H and O–H groups in total. The summed E-state index contributed by atoms with van der Waals surface area (Å²) in [6.07, 6.45) is 0. The molecule has 3 aromatic carbocycles. The first-order chi connectivity index (χ1) is 13.3. The van der Waals surface area contributed by atoms with Crippen molar-refractivity contribution in [1.82, 2.24) is 5.16 Å². The van der Waals surface area contributed by atoms with E-state index in [0.717, 1.165) is 33.9 Å². The van der Waals surface area contributed by atoms with Crippen molar-refractivity contribution >= 4 is 0 Å². The lowest BCUT2D eigenvalue weighted by molar-refractivity contribution is 0.414. The summed E-state index contributed by atoms with van der Waals surface area (Å²) in [5.74, 6) is 1.79. The molecule has 4 aromatic rings. The molecule has 1 heterocycles. The second kappa shape index (κ2) is 7.50. The van der Waals surface area contributed by atoms with E-state index < -0.39 is 0 Å². The number of aromatic nitrogens is 1. The van der Waals surface area contributed by atoms with Gasteiger partial charge < -0.3 is 9.26 Å². The zero-order chi connectivity index (χ0) is 18.6. The molecule has 0 saturated heterocycles. The van der Waals surface area contributed by atoms with Gasteiger partial charge in [0, 0.05) is 22.6 Å². The van der Waals surface area contributed by atoms with Crippen LogP contribution in [0.5, 0.6) is 5.75 Å². The van der Waals surface area contributed by atoms with Crippen molar-refractivity contribution in [1.29, 1.82) is 0 Å². The molecule has 3 nitrogen and oxygen atoms in total. The predicted molar refractivity (Wildman–Crippen MR) is 108 cm³/mol. The van der Waals surface area contributed by atoms with Crippen molar-refractivity contribution in [3.8, 4) is 28.3 Å². The molecule has 3 heteroatoms. The monoisotopic (exact) mass is 355 g/mol. The van der Waals surface area contributed by atoms with E-state index in [4.69, 9.17) is 9.26 Å². The van der Waals surface area contributed by atoms with E-state index in [1.54, 1.807) is 7.11 Å². The molecule has 0 fully saturated rings. The minimum absolute atomic E-state index is 0.118. The Balaban J connectivity index is 1.86. The largest absolute Gasteiger partial charge is 0.497 e. The summed E-state index contributed by atoms with van der Waals surface area (Å²) < 4.78 is 11.1. The second-order valence-corrected chi connectivity index (χ2v) is 6.50. The van der Waals surface area contributed by atoms with Crippen LogP contribution in [0.15, 0.2) is 89.5 Å². The molecule has 0 bridgehead atoms. The first-order valence-electron chi connectivity index (χ1n) is 9.02. The first kappa shape index (κ1) is 17.1. The van der Waals surface area contributed by atoms with Crippen LogP contribution in [0.2, 0.25) is 0 Å². The Morgan fingerprint density at radius 2 is 1.37 bits per heavy atom. The zero-order valence-corrected chi connectivity index (χ0v) is 15.4. The lowest BCUT2D eigenvalue weighted by Crippen LogP contribution is -1.99. The maximum Gasteiger partial charge on any atom is 0.171 e. The molecule has 0 amide bonds. The molecule has 134 valence electrons. The van der Waals surface area contributed by atoms with E-state index >= 15 is 0 Å². The van der Waals surface area contributed by atoms with Gasteiger partial charge in [0.2, 0.25) is 0 Å². The molecule has 1 aromatic heterocycles. The molecule has 0 aliphatic heterocycles. The number of methoxy groups -OCH3 is 1. The van der Waals surface area contributed by atoms with E-state index in [9.17, 15) is 0 Å². The van der Waals surface area contributed by atoms with Crippen LogP contribution in [-0.2, 0) is 0 Å². The summed E-state index contributed by atoms with van der Waals surface area (Å²) in [4.78, 5) is 0. The smallest absolute Gasteiger partial charge is 0.171 e. The van der Waals surface area contributed by atoms with Crippen molar-refractivity contribution < 1.29 is 9.26 Å². The van der Waals surface area contributed by atoms with Gasteiger partial charge in [0.05, 0.1) is 7.11 Å². The zero-order valence-electron chi connectivity index (χ0n) is 15.4. The van der Waals surface area contributed by atoms with Gasteiger partial charge in [-0.2, -0.15) is 0 Å². The third kappa shape index (κ3) is 3.36. The Bertz CT molecular complexity index is 948. The van der Waals surface area contributed by atoms with Crippen LogP contribution in [-0.4, -0.2) is 12.3 Å². The summed E-state index contributed by atoms with van der Waals surface area (Å²) in [7, 11) is 1.68. The molecule has 4 rings (SSSR count). The van der Waals surface area contributed by atoms with Crippen LogP contribution in [0.1, 0.15) is 24.0 Å². The van der Waals surface area contributed by atoms with Crippen LogP contribution >= 0.6 is 0 Å². The molecule has 0 radical (unpaired) electrons. The molecular weight excluding hydrogens is 334 g/mol. The summed E-state index contributed by atoms with van der Waals surface area (Å²) in [6.45, 7) is 2.19. The lowest BCUT2D eigenvalue weighted by Gasteiger charge is -2.14. The van der Waals surface area contributed by atoms with Gasteiger partial charge in [0.15, 0.2) is 5.76 Å². The van der Waals surface area contributed by atoms with Crippen LogP contribution in [0.3, 0.4) is 0 Å². The van der Waals surface area contributed by atoms with E-state index in [0.29, 0.717) is 0 Å². The van der Waals surface area contributed by atoms with Gasteiger partial charge in [-0.05, 0) is 17.7 Å². The molecule has 0 spiro atoms. The molecule has 0 aliphatic rings. The highest BCUT2D eigenvalue weighted by Crippen LogP contribution is 2.40. The number of nitrogens with zero attached hydrogens (tertiary/aromatic N) is 1. The maximum absolute atomic E-state index is 5.85. The number of hydrogen-bond donors (Lipinski definition) is 0. The van der Waals surface area contributed by atoms with Crippen LogP contribution in [0.4, 0.5) is 0 Å². The molecule has 0 saturated carbocycles. The van der Waals surface area contributed by atoms with Gasteiger partial charge in [0.25, 0.3) is 0 Å². The van der Waals surface area contributed by atoms with E-state index in [1.165, 1.54) is 5.56 Å². The van der Waals surface area contributed by atoms with Gasteiger partial charge >= 0.3 is 0 Å².